The van der Waals surface area contributed by atoms with Crippen molar-refractivity contribution < 1.29 is 9.42 Å². The molecule has 8 nitrogen and oxygen atoms in total. The standard InChI is InChI=1S/C20H26N6O2/c1-5-18-21-12(2)19(22-18)14-10-25(3)11-15(14)20(27)26(4)9-13-6-7-16-17(8-13)24-28-23-16/h6-8,14-15H,5,9-11H2,1-4H3,(H,21,22)/t14-,15-/m0/s1. The van der Waals surface area contributed by atoms with E-state index in [0.717, 1.165) is 47.8 Å². The number of rotatable bonds is 5. The van der Waals surface area contributed by atoms with Crippen molar-refractivity contribution in [1.29, 1.82) is 0 Å². The zero-order valence-corrected chi connectivity index (χ0v) is 16.8. The number of fused-ring (bicyclic) bond motifs is 1. The summed E-state index contributed by atoms with van der Waals surface area (Å²) in [5, 5.41) is 7.71. The maximum absolute atomic E-state index is 13.3. The summed E-state index contributed by atoms with van der Waals surface area (Å²) in [7, 11) is 3.92. The van der Waals surface area contributed by atoms with E-state index < -0.39 is 0 Å². The lowest BCUT2D eigenvalue weighted by Crippen LogP contribution is -2.36. The fourth-order valence-corrected chi connectivity index (χ4v) is 4.15. The van der Waals surface area contributed by atoms with Crippen LogP contribution in [-0.2, 0) is 17.8 Å². The molecular weight excluding hydrogens is 356 g/mol. The molecule has 2 aromatic heterocycles. The summed E-state index contributed by atoms with van der Waals surface area (Å²) >= 11 is 0. The Balaban J connectivity index is 1.53. The van der Waals surface area contributed by atoms with E-state index in [4.69, 9.17) is 9.61 Å². The van der Waals surface area contributed by atoms with Crippen LogP contribution in [0.1, 0.15) is 35.6 Å². The molecule has 0 unspecified atom stereocenters. The molecule has 0 saturated carbocycles. The second-order valence-corrected chi connectivity index (χ2v) is 7.76. The van der Waals surface area contributed by atoms with Crippen molar-refractivity contribution in [2.45, 2.75) is 32.7 Å². The maximum atomic E-state index is 13.3. The molecule has 0 spiro atoms. The number of hydrogen-bond donors (Lipinski definition) is 1. The minimum Gasteiger partial charge on any atom is -0.346 e. The van der Waals surface area contributed by atoms with E-state index in [1.807, 2.05) is 32.2 Å². The molecule has 0 aliphatic carbocycles. The third-order valence-electron chi connectivity index (χ3n) is 5.59. The Morgan fingerprint density at radius 1 is 1.32 bits per heavy atom. The quantitative estimate of drug-likeness (QED) is 0.727. The highest BCUT2D eigenvalue weighted by molar-refractivity contribution is 5.80. The van der Waals surface area contributed by atoms with Crippen molar-refractivity contribution in [1.82, 2.24) is 30.1 Å². The van der Waals surface area contributed by atoms with Crippen molar-refractivity contribution in [3.05, 3.63) is 41.0 Å². The van der Waals surface area contributed by atoms with Crippen molar-refractivity contribution in [3.63, 3.8) is 0 Å². The number of benzene rings is 1. The maximum Gasteiger partial charge on any atom is 0.227 e. The average Bonchev–Trinajstić information content (AvgIpc) is 3.38. The molecule has 0 bridgehead atoms. The molecule has 1 amide bonds. The van der Waals surface area contributed by atoms with E-state index in [1.54, 1.807) is 4.90 Å². The summed E-state index contributed by atoms with van der Waals surface area (Å²) in [4.78, 5) is 25.4. The Morgan fingerprint density at radius 2 is 2.11 bits per heavy atom. The molecule has 1 fully saturated rings. The number of carbonyl (C=O) groups excluding carboxylic acids is 1. The molecule has 2 atom stereocenters. The number of nitrogens with zero attached hydrogens (tertiary/aromatic N) is 5. The number of aromatic amines is 1. The monoisotopic (exact) mass is 382 g/mol. The van der Waals surface area contributed by atoms with Gasteiger partial charge in [0, 0.05) is 44.7 Å². The third kappa shape index (κ3) is 3.40. The van der Waals surface area contributed by atoms with Crippen LogP contribution in [0, 0.1) is 12.8 Å². The minimum atomic E-state index is -0.0980. The number of amides is 1. The Hall–Kier alpha value is -2.74. The predicted molar refractivity (Wildman–Crippen MR) is 105 cm³/mol. The molecule has 3 aromatic rings. The minimum absolute atomic E-state index is 0.0980. The van der Waals surface area contributed by atoms with E-state index >= 15 is 0 Å². The van der Waals surface area contributed by atoms with Crippen molar-refractivity contribution in [2.75, 3.05) is 27.2 Å². The van der Waals surface area contributed by atoms with Gasteiger partial charge in [0.05, 0.1) is 11.6 Å². The van der Waals surface area contributed by atoms with Gasteiger partial charge in [-0.1, -0.05) is 13.0 Å². The Labute approximate surface area is 163 Å². The molecule has 148 valence electrons. The van der Waals surface area contributed by atoms with Gasteiger partial charge in [-0.25, -0.2) is 9.61 Å². The first-order valence-corrected chi connectivity index (χ1v) is 9.66. The van der Waals surface area contributed by atoms with Gasteiger partial charge in [0.25, 0.3) is 0 Å². The molecule has 0 radical (unpaired) electrons. The lowest BCUT2D eigenvalue weighted by Gasteiger charge is -2.24. The van der Waals surface area contributed by atoms with Gasteiger partial charge < -0.3 is 14.8 Å². The Kier molecular flexibility index (Phi) is 4.89. The van der Waals surface area contributed by atoms with E-state index in [1.165, 1.54) is 0 Å². The second kappa shape index (κ2) is 7.35. The molecule has 8 heteroatoms. The molecule has 3 heterocycles. The molecule has 28 heavy (non-hydrogen) atoms. The van der Waals surface area contributed by atoms with Gasteiger partial charge in [0.15, 0.2) is 0 Å². The average molecular weight is 382 g/mol. The normalized spacial score (nSPS) is 20.1. The van der Waals surface area contributed by atoms with Crippen LogP contribution in [0.2, 0.25) is 0 Å². The highest BCUT2D eigenvalue weighted by atomic mass is 16.6. The summed E-state index contributed by atoms with van der Waals surface area (Å²) in [5.74, 6) is 1.14. The summed E-state index contributed by atoms with van der Waals surface area (Å²) < 4.78 is 4.75. The topological polar surface area (TPSA) is 91.2 Å². The fraction of sp³-hybridized carbons (Fsp3) is 0.500. The molecule has 1 N–H and O–H groups in total. The van der Waals surface area contributed by atoms with Crippen LogP contribution in [0.5, 0.6) is 0 Å². The Bertz CT molecular complexity index is 994. The number of nitrogens with one attached hydrogen (secondary N) is 1. The summed E-state index contributed by atoms with van der Waals surface area (Å²) in [5.41, 5.74) is 4.53. The zero-order chi connectivity index (χ0) is 19.8. The molecular formula is C20H26N6O2. The van der Waals surface area contributed by atoms with Crippen molar-refractivity contribution in [2.24, 2.45) is 5.92 Å². The number of aromatic nitrogens is 4. The lowest BCUT2D eigenvalue weighted by molar-refractivity contribution is -0.134. The molecule has 4 rings (SSSR count). The Morgan fingerprint density at radius 3 is 2.86 bits per heavy atom. The van der Waals surface area contributed by atoms with Crippen LogP contribution < -0.4 is 0 Å². The van der Waals surface area contributed by atoms with Crippen LogP contribution in [-0.4, -0.2) is 63.2 Å². The van der Waals surface area contributed by atoms with Gasteiger partial charge in [-0.05, 0) is 42.0 Å². The van der Waals surface area contributed by atoms with E-state index in [-0.39, 0.29) is 17.7 Å². The van der Waals surface area contributed by atoms with Crippen LogP contribution in [0.25, 0.3) is 11.0 Å². The van der Waals surface area contributed by atoms with Crippen molar-refractivity contribution in [3.8, 4) is 0 Å². The fourth-order valence-electron chi connectivity index (χ4n) is 4.15. The van der Waals surface area contributed by atoms with Gasteiger partial charge >= 0.3 is 0 Å². The lowest BCUT2D eigenvalue weighted by atomic mass is 9.90. The van der Waals surface area contributed by atoms with Crippen molar-refractivity contribution >= 4 is 16.9 Å². The number of likely N-dealkylation sites (N-methyl/N-ethyl adjacent to an activating group) is 1. The smallest absolute Gasteiger partial charge is 0.227 e. The van der Waals surface area contributed by atoms with Gasteiger partial charge in [-0.15, -0.1) is 0 Å². The summed E-state index contributed by atoms with van der Waals surface area (Å²) in [6.07, 6.45) is 0.862. The number of hydrogen-bond acceptors (Lipinski definition) is 6. The van der Waals surface area contributed by atoms with E-state index in [2.05, 4.69) is 34.2 Å². The first-order chi connectivity index (χ1) is 13.5. The number of likely N-dealkylation sites (tertiary alicyclic amines) is 1. The zero-order valence-electron chi connectivity index (χ0n) is 16.8. The number of aryl methyl sites for hydroxylation is 2. The molecule has 1 aliphatic rings. The number of imidazole rings is 1. The van der Waals surface area contributed by atoms with E-state index in [0.29, 0.717) is 12.1 Å². The van der Waals surface area contributed by atoms with Gasteiger partial charge in [-0.3, -0.25) is 4.79 Å². The highest BCUT2D eigenvalue weighted by Crippen LogP contribution is 2.34. The first-order valence-electron chi connectivity index (χ1n) is 9.66. The summed E-state index contributed by atoms with van der Waals surface area (Å²) in [6.45, 7) is 6.24. The third-order valence-corrected chi connectivity index (χ3v) is 5.59. The van der Waals surface area contributed by atoms with Gasteiger partial charge in [0.1, 0.15) is 16.9 Å². The molecule has 1 aromatic carbocycles. The molecule has 1 saturated heterocycles. The first kappa shape index (κ1) is 18.6. The largest absolute Gasteiger partial charge is 0.346 e. The van der Waals surface area contributed by atoms with E-state index in [9.17, 15) is 4.79 Å². The number of carbonyl (C=O) groups is 1. The second-order valence-electron chi connectivity index (χ2n) is 7.76. The van der Waals surface area contributed by atoms with Crippen LogP contribution >= 0.6 is 0 Å². The van der Waals surface area contributed by atoms with Crippen LogP contribution in [0.15, 0.2) is 22.8 Å². The van der Waals surface area contributed by atoms with Crippen LogP contribution in [0.4, 0.5) is 0 Å². The summed E-state index contributed by atoms with van der Waals surface area (Å²) in [6, 6.07) is 5.74. The number of H-pyrrole nitrogens is 1. The predicted octanol–water partition coefficient (Wildman–Crippen LogP) is 2.12. The highest BCUT2D eigenvalue weighted by Gasteiger charge is 2.40. The van der Waals surface area contributed by atoms with Gasteiger partial charge in [-0.2, -0.15) is 0 Å². The molecule has 1 aliphatic heterocycles. The SMILES string of the molecule is CCc1nc([C@H]2CN(C)C[C@@H]2C(=O)N(C)Cc2ccc3nonc3c2)c(C)[nH]1. The van der Waals surface area contributed by atoms with Crippen LogP contribution in [0.3, 0.4) is 0 Å². The van der Waals surface area contributed by atoms with Gasteiger partial charge in [0.2, 0.25) is 5.91 Å².